The molecule has 0 saturated heterocycles. The highest BCUT2D eigenvalue weighted by atomic mass is 79.9. The molecule has 5 heteroatoms. The molecule has 2 N–H and O–H groups in total. The summed E-state index contributed by atoms with van der Waals surface area (Å²) in [6, 6.07) is 5.20. The molecule has 0 aliphatic heterocycles. The largest absolute Gasteiger partial charge is 0.373 e. The maximum absolute atomic E-state index is 11.8. The van der Waals surface area contributed by atoms with Crippen molar-refractivity contribution in [2.45, 2.75) is 26.8 Å². The van der Waals surface area contributed by atoms with E-state index in [1.54, 1.807) is 6.07 Å². The number of nitrogens with one attached hydrogen (secondary N) is 2. The number of amides is 1. The van der Waals surface area contributed by atoms with Crippen LogP contribution in [0.25, 0.3) is 0 Å². The van der Waals surface area contributed by atoms with Gasteiger partial charge in [0.05, 0.1) is 15.2 Å². The molecule has 0 fully saturated rings. The van der Waals surface area contributed by atoms with Crippen molar-refractivity contribution in [1.82, 2.24) is 5.32 Å². The molecule has 3 nitrogen and oxygen atoms in total. The highest BCUT2D eigenvalue weighted by Gasteiger charge is 2.14. The summed E-state index contributed by atoms with van der Waals surface area (Å²) in [6.07, 6.45) is 0. The lowest BCUT2D eigenvalue weighted by Gasteiger charge is -2.17. The Labute approximate surface area is 121 Å². The highest BCUT2D eigenvalue weighted by Crippen LogP contribution is 2.30. The summed E-state index contributed by atoms with van der Waals surface area (Å²) in [5.74, 6) is 0.426. The molecular weight excluding hydrogens is 316 g/mol. The molecule has 1 atom stereocenters. The van der Waals surface area contributed by atoms with Crippen LogP contribution in [-0.4, -0.2) is 18.5 Å². The summed E-state index contributed by atoms with van der Waals surface area (Å²) < 4.78 is 0.773. The van der Waals surface area contributed by atoms with Gasteiger partial charge in [-0.3, -0.25) is 4.79 Å². The van der Waals surface area contributed by atoms with Crippen molar-refractivity contribution >= 4 is 39.1 Å². The summed E-state index contributed by atoms with van der Waals surface area (Å²) in [4.78, 5) is 11.8. The Morgan fingerprint density at radius 1 is 1.39 bits per heavy atom. The Morgan fingerprint density at radius 2 is 2.06 bits per heavy atom. The second-order valence-electron chi connectivity index (χ2n) is 4.61. The molecule has 1 aromatic carbocycles. The Morgan fingerprint density at radius 3 is 2.67 bits per heavy atom. The van der Waals surface area contributed by atoms with Gasteiger partial charge in [0.25, 0.3) is 0 Å². The number of benzene rings is 1. The van der Waals surface area contributed by atoms with E-state index in [2.05, 4.69) is 40.4 Å². The third kappa shape index (κ3) is 4.50. The quantitative estimate of drug-likeness (QED) is 0.863. The fourth-order valence-electron chi connectivity index (χ4n) is 1.37. The van der Waals surface area contributed by atoms with Crippen LogP contribution in [0.1, 0.15) is 20.8 Å². The first-order valence-corrected chi connectivity index (χ1v) is 7.07. The predicted molar refractivity (Wildman–Crippen MR) is 80.1 cm³/mol. The van der Waals surface area contributed by atoms with Gasteiger partial charge in [-0.15, -0.1) is 0 Å². The van der Waals surface area contributed by atoms with Gasteiger partial charge in [0.15, 0.2) is 0 Å². The normalized spacial score (nSPS) is 12.3. The first-order chi connectivity index (χ1) is 8.41. The lowest BCUT2D eigenvalue weighted by molar-refractivity contribution is -0.121. The van der Waals surface area contributed by atoms with E-state index >= 15 is 0 Å². The molecule has 0 aliphatic carbocycles. The molecule has 0 radical (unpaired) electrons. The molecule has 1 unspecified atom stereocenters. The van der Waals surface area contributed by atoms with Crippen LogP contribution in [0.3, 0.4) is 0 Å². The molecule has 1 amide bonds. The summed E-state index contributed by atoms with van der Waals surface area (Å²) in [6.45, 7) is 6.63. The van der Waals surface area contributed by atoms with Crippen molar-refractivity contribution in [3.63, 3.8) is 0 Å². The zero-order valence-electron chi connectivity index (χ0n) is 10.8. The minimum Gasteiger partial charge on any atom is -0.373 e. The molecule has 0 bridgehead atoms. The average molecular weight is 334 g/mol. The number of hydrogen-bond donors (Lipinski definition) is 2. The predicted octanol–water partition coefficient (Wildman–Crippen LogP) is 3.68. The Kier molecular flexibility index (Phi) is 5.96. The van der Waals surface area contributed by atoms with Crippen LogP contribution in [0.4, 0.5) is 5.69 Å². The van der Waals surface area contributed by atoms with Gasteiger partial charge in [0, 0.05) is 6.54 Å². The van der Waals surface area contributed by atoms with Crippen LogP contribution in [0.2, 0.25) is 5.02 Å². The van der Waals surface area contributed by atoms with Crippen molar-refractivity contribution in [2.75, 3.05) is 11.9 Å². The van der Waals surface area contributed by atoms with Gasteiger partial charge < -0.3 is 10.6 Å². The monoisotopic (exact) mass is 332 g/mol. The zero-order chi connectivity index (χ0) is 13.7. The van der Waals surface area contributed by atoms with E-state index in [9.17, 15) is 4.79 Å². The van der Waals surface area contributed by atoms with Crippen molar-refractivity contribution < 1.29 is 4.79 Å². The van der Waals surface area contributed by atoms with Crippen LogP contribution >= 0.6 is 27.5 Å². The molecule has 1 rings (SSSR count). The Hall–Kier alpha value is -0.740. The Balaban J connectivity index is 2.61. The van der Waals surface area contributed by atoms with E-state index in [1.807, 2.05) is 19.1 Å². The smallest absolute Gasteiger partial charge is 0.242 e. The average Bonchev–Trinajstić information content (AvgIpc) is 2.31. The third-order valence-corrected chi connectivity index (χ3v) is 3.80. The molecule has 0 saturated carbocycles. The lowest BCUT2D eigenvalue weighted by Crippen LogP contribution is -2.39. The molecule has 0 heterocycles. The van der Waals surface area contributed by atoms with Gasteiger partial charge in [0.2, 0.25) is 5.91 Å². The molecule has 0 aliphatic rings. The van der Waals surface area contributed by atoms with Crippen LogP contribution in [0.5, 0.6) is 0 Å². The zero-order valence-corrected chi connectivity index (χ0v) is 13.1. The number of hydrogen-bond acceptors (Lipinski definition) is 2. The van der Waals surface area contributed by atoms with Gasteiger partial charge >= 0.3 is 0 Å². The van der Waals surface area contributed by atoms with E-state index in [-0.39, 0.29) is 11.9 Å². The number of rotatable bonds is 5. The van der Waals surface area contributed by atoms with E-state index in [1.165, 1.54) is 0 Å². The van der Waals surface area contributed by atoms with Gasteiger partial charge in [0.1, 0.15) is 6.04 Å². The number of halogens is 2. The van der Waals surface area contributed by atoms with Gasteiger partial charge in [-0.2, -0.15) is 0 Å². The molecule has 0 spiro atoms. The van der Waals surface area contributed by atoms with Crippen molar-refractivity contribution in [3.05, 3.63) is 27.7 Å². The van der Waals surface area contributed by atoms with Crippen LogP contribution in [-0.2, 0) is 4.79 Å². The first-order valence-electron chi connectivity index (χ1n) is 5.90. The fraction of sp³-hybridized carbons (Fsp3) is 0.462. The fourth-order valence-corrected chi connectivity index (χ4v) is 1.93. The molecule has 1 aromatic rings. The Bertz CT molecular complexity index is 423. The minimum absolute atomic E-state index is 0.0180. The van der Waals surface area contributed by atoms with Crippen LogP contribution in [0, 0.1) is 5.92 Å². The second-order valence-corrected chi connectivity index (χ2v) is 5.81. The molecular formula is C13H18BrClN2O. The van der Waals surface area contributed by atoms with Gasteiger partial charge in [-0.1, -0.05) is 31.5 Å². The first kappa shape index (κ1) is 15.3. The third-order valence-electron chi connectivity index (χ3n) is 2.40. The maximum atomic E-state index is 11.8. The number of carbonyl (C=O) groups is 1. The summed E-state index contributed by atoms with van der Waals surface area (Å²) in [5.41, 5.74) is 0.815. The van der Waals surface area contributed by atoms with E-state index < -0.39 is 0 Å². The van der Waals surface area contributed by atoms with E-state index in [0.717, 1.165) is 10.2 Å². The van der Waals surface area contributed by atoms with Gasteiger partial charge in [-0.05, 0) is 40.9 Å². The standard InChI is InChI=1S/C13H18BrClN2O/c1-8(2)7-16-13(18)9(3)17-11-6-4-5-10(15)12(11)14/h4-6,8-9,17H,7H2,1-3H3,(H,16,18). The van der Waals surface area contributed by atoms with Crippen LogP contribution in [0.15, 0.2) is 22.7 Å². The minimum atomic E-state index is -0.307. The van der Waals surface area contributed by atoms with Gasteiger partial charge in [-0.25, -0.2) is 0 Å². The SMILES string of the molecule is CC(C)CNC(=O)C(C)Nc1cccc(Cl)c1Br. The van der Waals surface area contributed by atoms with Crippen molar-refractivity contribution in [2.24, 2.45) is 5.92 Å². The number of anilines is 1. The van der Waals surface area contributed by atoms with Crippen LogP contribution < -0.4 is 10.6 Å². The summed E-state index contributed by atoms with van der Waals surface area (Å²) >= 11 is 9.39. The van der Waals surface area contributed by atoms with E-state index in [4.69, 9.17) is 11.6 Å². The summed E-state index contributed by atoms with van der Waals surface area (Å²) in [7, 11) is 0. The van der Waals surface area contributed by atoms with E-state index in [0.29, 0.717) is 17.5 Å². The van der Waals surface area contributed by atoms with Crippen molar-refractivity contribution in [3.8, 4) is 0 Å². The molecule has 0 aromatic heterocycles. The van der Waals surface area contributed by atoms with Crippen molar-refractivity contribution in [1.29, 1.82) is 0 Å². The number of carbonyl (C=O) groups excluding carboxylic acids is 1. The maximum Gasteiger partial charge on any atom is 0.242 e. The topological polar surface area (TPSA) is 41.1 Å². The highest BCUT2D eigenvalue weighted by molar-refractivity contribution is 9.10. The lowest BCUT2D eigenvalue weighted by atomic mass is 10.2. The molecule has 18 heavy (non-hydrogen) atoms. The second kappa shape index (κ2) is 7.00. The summed E-state index contributed by atoms with van der Waals surface area (Å²) in [5, 5.41) is 6.64. The molecule has 100 valence electrons.